The van der Waals surface area contributed by atoms with Crippen LogP contribution < -0.4 is 5.32 Å². The van der Waals surface area contributed by atoms with Gasteiger partial charge in [0.1, 0.15) is 34.9 Å². The van der Waals surface area contributed by atoms with Gasteiger partial charge >= 0.3 is 6.18 Å². The zero-order valence-corrected chi connectivity index (χ0v) is 42.8. The van der Waals surface area contributed by atoms with Crippen molar-refractivity contribution in [1.29, 1.82) is 0 Å². The van der Waals surface area contributed by atoms with Crippen LogP contribution in [0.2, 0.25) is 5.02 Å². The number of thiophene rings is 1. The molecule has 2 aliphatic rings. The maximum atomic E-state index is 14.1. The lowest BCUT2D eigenvalue weighted by Crippen LogP contribution is -2.39. The number of carbonyl (C=O) groups is 2. The van der Waals surface area contributed by atoms with Crippen molar-refractivity contribution in [2.45, 2.75) is 91.5 Å². The van der Waals surface area contributed by atoms with Gasteiger partial charge in [-0.25, -0.2) is 0 Å². The summed E-state index contributed by atoms with van der Waals surface area (Å²) in [5.74, 6) is -0.328. The highest BCUT2D eigenvalue weighted by molar-refractivity contribution is 7.15. The molecule has 15 nitrogen and oxygen atoms in total. The molecule has 0 saturated carbocycles. The van der Waals surface area contributed by atoms with Crippen LogP contribution in [0.4, 0.5) is 13.2 Å². The van der Waals surface area contributed by atoms with Gasteiger partial charge in [-0.05, 0) is 118 Å². The van der Waals surface area contributed by atoms with Gasteiger partial charge in [-0.15, -0.1) is 31.7 Å². The van der Waals surface area contributed by atoms with E-state index >= 15 is 0 Å². The second-order valence-corrected chi connectivity index (χ2v) is 20.8. The predicted molar refractivity (Wildman–Crippen MR) is 273 cm³/mol. The fourth-order valence-electron chi connectivity index (χ4n) is 9.55. The number of amides is 2. The van der Waals surface area contributed by atoms with E-state index in [9.17, 15) is 33.0 Å². The van der Waals surface area contributed by atoms with Crippen molar-refractivity contribution in [3.8, 4) is 33.6 Å². The standard InChI is InChI=1S/C53H55ClF3N11O4S/c1-29(2)40-22-41(44(70)24-43(40)69)48-62-64-50(51(72)59-28-53(55,56)57)68(48)39-15-8-34(9-16-39)26-65(6)27-35-7-14-38(58-25-35)21-33-17-19-66(20-18-33)45(71)23-42-49-63-61-32(5)67(49)52-46(30(3)31(4)73-52)47(60-42)36-10-12-37(54)13-11-36/h7-16,22,24-25,29,33,42,69-70H,17-21,23,26-28H2,1-6H3,(H,59,72)/t42-/m0/s1. The van der Waals surface area contributed by atoms with Crippen LogP contribution in [0.15, 0.2) is 84.0 Å². The second-order valence-electron chi connectivity index (χ2n) is 19.2. The van der Waals surface area contributed by atoms with Gasteiger partial charge in [-0.3, -0.25) is 33.6 Å². The number of likely N-dealkylation sites (tertiary alicyclic amines) is 1. The van der Waals surface area contributed by atoms with Crippen molar-refractivity contribution in [3.05, 3.63) is 145 Å². The van der Waals surface area contributed by atoms with E-state index in [0.29, 0.717) is 54.2 Å². The highest BCUT2D eigenvalue weighted by atomic mass is 35.5. The molecular formula is C53H55ClF3N11O4S. The molecular weight excluding hydrogens is 979 g/mol. The number of pyridine rings is 1. The average Bonchev–Trinajstić information content (AvgIpc) is 4.02. The number of phenols is 2. The molecule has 73 heavy (non-hydrogen) atoms. The summed E-state index contributed by atoms with van der Waals surface area (Å²) >= 11 is 7.97. The first-order chi connectivity index (χ1) is 34.8. The highest BCUT2D eigenvalue weighted by Gasteiger charge is 2.35. The lowest BCUT2D eigenvalue weighted by atomic mass is 9.91. The number of rotatable bonds is 14. The molecule has 0 unspecified atom stereocenters. The van der Waals surface area contributed by atoms with E-state index in [1.807, 2.05) is 80.6 Å². The third kappa shape index (κ3) is 11.0. The highest BCUT2D eigenvalue weighted by Crippen LogP contribution is 2.41. The Morgan fingerprint density at radius 2 is 1.59 bits per heavy atom. The van der Waals surface area contributed by atoms with E-state index < -0.39 is 30.5 Å². The molecule has 1 saturated heterocycles. The summed E-state index contributed by atoms with van der Waals surface area (Å²) in [6.07, 6.45) is -0.0749. The van der Waals surface area contributed by atoms with Crippen molar-refractivity contribution in [1.82, 2.24) is 49.6 Å². The number of phenolic OH excluding ortho intramolecular Hbond substituents is 2. The number of piperidine rings is 1. The van der Waals surface area contributed by atoms with Crippen LogP contribution in [0, 0.1) is 26.7 Å². The van der Waals surface area contributed by atoms with Crippen molar-refractivity contribution < 1.29 is 33.0 Å². The predicted octanol–water partition coefficient (Wildman–Crippen LogP) is 9.77. The summed E-state index contributed by atoms with van der Waals surface area (Å²) < 4.78 is 42.6. The molecule has 380 valence electrons. The molecule has 0 spiro atoms. The number of nitrogens with zero attached hydrogens (tertiary/aromatic N) is 10. The van der Waals surface area contributed by atoms with Gasteiger partial charge < -0.3 is 20.4 Å². The minimum Gasteiger partial charge on any atom is -0.508 e. The van der Waals surface area contributed by atoms with Crippen molar-refractivity contribution >= 4 is 40.5 Å². The normalized spacial score (nSPS) is 15.1. The number of fused-ring (bicyclic) bond motifs is 3. The third-order valence-corrected chi connectivity index (χ3v) is 14.9. The molecule has 20 heteroatoms. The minimum absolute atomic E-state index is 0.00436. The summed E-state index contributed by atoms with van der Waals surface area (Å²) in [5.41, 5.74) is 7.84. The zero-order chi connectivity index (χ0) is 51.9. The molecule has 0 aliphatic carbocycles. The maximum absolute atomic E-state index is 14.1. The van der Waals surface area contributed by atoms with E-state index in [2.05, 4.69) is 55.8 Å². The molecule has 2 amide bonds. The number of aromatic hydroxyl groups is 2. The number of hydrogen-bond acceptors (Lipinski definition) is 12. The molecule has 0 radical (unpaired) electrons. The number of hydrogen-bond donors (Lipinski definition) is 3. The Morgan fingerprint density at radius 3 is 2.26 bits per heavy atom. The lowest BCUT2D eigenvalue weighted by molar-refractivity contribution is -0.133. The molecule has 0 bridgehead atoms. The van der Waals surface area contributed by atoms with Crippen LogP contribution in [-0.2, 0) is 24.3 Å². The first-order valence-electron chi connectivity index (χ1n) is 24.0. The number of benzene rings is 3. The van der Waals surface area contributed by atoms with Crippen molar-refractivity contribution in [2.75, 3.05) is 26.7 Å². The van der Waals surface area contributed by atoms with Crippen LogP contribution in [0.3, 0.4) is 0 Å². The topological polar surface area (TPSA) is 180 Å². The molecule has 6 heterocycles. The number of alkyl halides is 3. The third-order valence-electron chi connectivity index (χ3n) is 13.5. The first kappa shape index (κ1) is 51.0. The van der Waals surface area contributed by atoms with Gasteiger partial charge in [0, 0.05) is 70.9 Å². The zero-order valence-electron chi connectivity index (χ0n) is 41.2. The van der Waals surface area contributed by atoms with Crippen molar-refractivity contribution in [3.63, 3.8) is 0 Å². The van der Waals surface area contributed by atoms with Crippen LogP contribution >= 0.6 is 22.9 Å². The Balaban J connectivity index is 0.815. The van der Waals surface area contributed by atoms with Crippen molar-refractivity contribution in [2.24, 2.45) is 10.9 Å². The minimum atomic E-state index is -4.65. The van der Waals surface area contributed by atoms with E-state index in [1.165, 1.54) is 15.5 Å². The fraction of sp³-hybridized carbons (Fsp3) is 0.358. The number of halogens is 4. The van der Waals surface area contributed by atoms with Gasteiger partial charge in [0.2, 0.25) is 11.7 Å². The molecule has 7 aromatic rings. The Hall–Kier alpha value is -6.96. The van der Waals surface area contributed by atoms with Gasteiger partial charge in [0.25, 0.3) is 5.91 Å². The van der Waals surface area contributed by atoms with Gasteiger partial charge in [0.05, 0.1) is 17.7 Å². The van der Waals surface area contributed by atoms with Crippen LogP contribution in [-0.4, -0.2) is 105 Å². The molecule has 1 fully saturated rings. The van der Waals surface area contributed by atoms with Gasteiger partial charge in [-0.1, -0.05) is 55.8 Å². The van der Waals surface area contributed by atoms with Crippen LogP contribution in [0.25, 0.3) is 22.1 Å². The van der Waals surface area contributed by atoms with E-state index in [1.54, 1.807) is 23.5 Å². The SMILES string of the molecule is Cc1sc2c(c1C)C(c1ccc(Cl)cc1)=N[C@@H](CC(=O)N1CCC(Cc3ccc(CN(C)Cc4ccc(-n5c(C(=O)NCC(F)(F)F)nnc5-c5cc(C(C)C)c(O)cc5O)cc4)cn3)CC1)c1nnc(C)n1-2. The molecule has 3 aromatic carbocycles. The average molecular weight is 1030 g/mol. The largest absolute Gasteiger partial charge is 0.508 e. The summed E-state index contributed by atoms with van der Waals surface area (Å²) in [7, 11) is 1.98. The second kappa shape index (κ2) is 20.9. The number of aryl methyl sites for hydroxylation is 2. The molecule has 3 N–H and O–H groups in total. The smallest absolute Gasteiger partial charge is 0.405 e. The lowest BCUT2D eigenvalue weighted by Gasteiger charge is -2.32. The fourth-order valence-corrected chi connectivity index (χ4v) is 10.9. The number of nitrogens with one attached hydrogen (secondary N) is 1. The van der Waals surface area contributed by atoms with Crippen LogP contribution in [0.5, 0.6) is 11.5 Å². The molecule has 2 aliphatic heterocycles. The van der Waals surface area contributed by atoms with Crippen LogP contribution in [0.1, 0.15) is 111 Å². The maximum Gasteiger partial charge on any atom is 0.405 e. The first-order valence-corrected chi connectivity index (χ1v) is 25.2. The molecule has 4 aromatic heterocycles. The monoisotopic (exact) mass is 1030 g/mol. The Labute approximate surface area is 429 Å². The Kier molecular flexibility index (Phi) is 14.6. The number of aromatic nitrogens is 7. The van der Waals surface area contributed by atoms with Gasteiger partial charge in [0.15, 0.2) is 11.6 Å². The van der Waals surface area contributed by atoms with E-state index in [4.69, 9.17) is 21.6 Å². The summed E-state index contributed by atoms with van der Waals surface area (Å²) in [6.45, 7) is 10.7. The Bertz CT molecular complexity index is 3200. The summed E-state index contributed by atoms with van der Waals surface area (Å²) in [4.78, 5) is 42.5. The van der Waals surface area contributed by atoms with E-state index in [0.717, 1.165) is 75.4 Å². The van der Waals surface area contributed by atoms with E-state index in [-0.39, 0.29) is 41.1 Å². The molecule has 1 atom stereocenters. The molecule has 9 rings (SSSR count). The number of carbonyl (C=O) groups excluding carboxylic acids is 2. The quantitative estimate of drug-likeness (QED) is 0.0950. The summed E-state index contributed by atoms with van der Waals surface area (Å²) in [6, 6.07) is 21.0. The summed E-state index contributed by atoms with van der Waals surface area (Å²) in [5, 5.41) is 41.9. The number of aliphatic imine (C=N–C) groups is 1. The Morgan fingerprint density at radius 1 is 0.890 bits per heavy atom. The van der Waals surface area contributed by atoms with Gasteiger partial charge in [-0.2, -0.15) is 13.2 Å².